The zero-order chi connectivity index (χ0) is 18.6. The summed E-state index contributed by atoms with van der Waals surface area (Å²) in [6.45, 7) is 5.62. The fraction of sp³-hybridized carbons (Fsp3) is 0.263. The summed E-state index contributed by atoms with van der Waals surface area (Å²) in [4.78, 5) is 25.7. The molecule has 0 saturated heterocycles. The first-order valence-corrected chi connectivity index (χ1v) is 8.63. The third-order valence-electron chi connectivity index (χ3n) is 3.76. The van der Waals surface area contributed by atoms with Crippen LogP contribution < -0.4 is 10.2 Å². The highest BCUT2D eigenvalue weighted by molar-refractivity contribution is 6.35. The zero-order valence-corrected chi connectivity index (χ0v) is 15.9. The maximum Gasteiger partial charge on any atom is 0.226 e. The molecule has 2 amide bonds. The summed E-state index contributed by atoms with van der Waals surface area (Å²) in [6, 6.07) is 10.7. The Morgan fingerprint density at radius 3 is 2.24 bits per heavy atom. The van der Waals surface area contributed by atoms with Crippen molar-refractivity contribution in [3.05, 3.63) is 57.6 Å². The monoisotopic (exact) mass is 378 g/mol. The summed E-state index contributed by atoms with van der Waals surface area (Å²) in [5, 5.41) is 3.75. The second kappa shape index (κ2) is 8.37. The summed E-state index contributed by atoms with van der Waals surface area (Å²) in [7, 11) is 0. The van der Waals surface area contributed by atoms with Gasteiger partial charge in [0.25, 0.3) is 0 Å². The Kier molecular flexibility index (Phi) is 6.45. The fourth-order valence-corrected chi connectivity index (χ4v) is 3.06. The van der Waals surface area contributed by atoms with E-state index < -0.39 is 0 Å². The van der Waals surface area contributed by atoms with Gasteiger partial charge in [0, 0.05) is 41.3 Å². The van der Waals surface area contributed by atoms with E-state index in [1.54, 1.807) is 18.2 Å². The molecule has 4 nitrogen and oxygen atoms in total. The van der Waals surface area contributed by atoms with Crippen LogP contribution in [0.4, 0.5) is 11.4 Å². The number of benzene rings is 2. The second-order valence-corrected chi connectivity index (χ2v) is 6.79. The van der Waals surface area contributed by atoms with Crippen LogP contribution in [0.15, 0.2) is 36.4 Å². The number of carbonyl (C=O) groups is 2. The fourth-order valence-electron chi connectivity index (χ4n) is 2.54. The highest BCUT2D eigenvalue weighted by Gasteiger charge is 2.15. The first-order valence-electron chi connectivity index (χ1n) is 7.87. The molecule has 0 unspecified atom stereocenters. The Morgan fingerprint density at radius 1 is 1.04 bits per heavy atom. The lowest BCUT2D eigenvalue weighted by Gasteiger charge is -2.21. The van der Waals surface area contributed by atoms with E-state index in [4.69, 9.17) is 23.2 Å². The van der Waals surface area contributed by atoms with E-state index in [2.05, 4.69) is 5.32 Å². The van der Waals surface area contributed by atoms with Gasteiger partial charge in [-0.1, -0.05) is 40.9 Å². The zero-order valence-electron chi connectivity index (χ0n) is 14.4. The first-order chi connectivity index (χ1) is 11.8. The maximum absolute atomic E-state index is 12.2. The van der Waals surface area contributed by atoms with Crippen LogP contribution in [0.25, 0.3) is 0 Å². The number of nitrogens with one attached hydrogen (secondary N) is 1. The molecule has 2 aromatic carbocycles. The molecule has 0 saturated carbocycles. The average Bonchev–Trinajstić information content (AvgIpc) is 2.49. The molecule has 0 bridgehead atoms. The lowest BCUT2D eigenvalue weighted by atomic mass is 10.1. The number of nitrogens with zero attached hydrogens (tertiary/aromatic N) is 1. The van der Waals surface area contributed by atoms with Crippen molar-refractivity contribution >= 4 is 46.4 Å². The number of amides is 2. The number of aryl methyl sites for hydroxylation is 2. The molecule has 25 heavy (non-hydrogen) atoms. The van der Waals surface area contributed by atoms with Gasteiger partial charge in [-0.15, -0.1) is 0 Å². The lowest BCUT2D eigenvalue weighted by Crippen LogP contribution is -2.32. The molecule has 6 heteroatoms. The summed E-state index contributed by atoms with van der Waals surface area (Å²) in [5.41, 5.74) is 3.48. The van der Waals surface area contributed by atoms with Gasteiger partial charge in [0.2, 0.25) is 11.8 Å². The highest BCUT2D eigenvalue weighted by Crippen LogP contribution is 2.26. The molecular formula is C19H20Cl2N2O2. The molecule has 0 spiro atoms. The van der Waals surface area contributed by atoms with Gasteiger partial charge in [-0.3, -0.25) is 9.59 Å². The third kappa shape index (κ3) is 5.48. The average molecular weight is 379 g/mol. The predicted molar refractivity (Wildman–Crippen MR) is 104 cm³/mol. The van der Waals surface area contributed by atoms with Gasteiger partial charge in [-0.25, -0.2) is 0 Å². The van der Waals surface area contributed by atoms with E-state index in [0.29, 0.717) is 15.7 Å². The van der Waals surface area contributed by atoms with Crippen LogP contribution in [0.1, 0.15) is 24.5 Å². The summed E-state index contributed by atoms with van der Waals surface area (Å²) in [6.07, 6.45) is 0.164. The molecule has 0 aliphatic carbocycles. The largest absolute Gasteiger partial charge is 0.326 e. The van der Waals surface area contributed by atoms with Crippen LogP contribution in [0.5, 0.6) is 0 Å². The lowest BCUT2D eigenvalue weighted by molar-refractivity contribution is -0.117. The minimum absolute atomic E-state index is 0.161. The highest BCUT2D eigenvalue weighted by atomic mass is 35.5. The number of anilines is 2. The molecule has 2 aromatic rings. The van der Waals surface area contributed by atoms with E-state index >= 15 is 0 Å². The van der Waals surface area contributed by atoms with Crippen LogP contribution in [0.3, 0.4) is 0 Å². The van der Waals surface area contributed by atoms with Gasteiger partial charge in [0.15, 0.2) is 0 Å². The molecule has 0 aliphatic rings. The van der Waals surface area contributed by atoms with Crippen molar-refractivity contribution in [2.24, 2.45) is 0 Å². The van der Waals surface area contributed by atoms with Crippen molar-refractivity contribution in [1.82, 2.24) is 0 Å². The van der Waals surface area contributed by atoms with Crippen LogP contribution in [-0.2, 0) is 9.59 Å². The van der Waals surface area contributed by atoms with E-state index in [9.17, 15) is 9.59 Å². The minimum atomic E-state index is -0.183. The Balaban J connectivity index is 2.05. The Hall–Kier alpha value is -2.04. The van der Waals surface area contributed by atoms with Gasteiger partial charge < -0.3 is 10.2 Å². The van der Waals surface area contributed by atoms with Gasteiger partial charge in [-0.05, 0) is 43.7 Å². The number of hydrogen-bond acceptors (Lipinski definition) is 2. The summed E-state index contributed by atoms with van der Waals surface area (Å²) in [5.74, 6) is -0.344. The topological polar surface area (TPSA) is 49.4 Å². The number of rotatable bonds is 5. The Morgan fingerprint density at radius 2 is 1.68 bits per heavy atom. The van der Waals surface area contributed by atoms with Crippen molar-refractivity contribution in [3.8, 4) is 0 Å². The van der Waals surface area contributed by atoms with Crippen molar-refractivity contribution in [1.29, 1.82) is 0 Å². The molecule has 0 aliphatic heterocycles. The van der Waals surface area contributed by atoms with Gasteiger partial charge in [0.1, 0.15) is 0 Å². The predicted octanol–water partition coefficient (Wildman–Crippen LogP) is 4.99. The van der Waals surface area contributed by atoms with Crippen LogP contribution in [-0.4, -0.2) is 18.4 Å². The molecule has 0 radical (unpaired) electrons. The van der Waals surface area contributed by atoms with Gasteiger partial charge in [-0.2, -0.15) is 0 Å². The van der Waals surface area contributed by atoms with E-state index in [1.807, 2.05) is 32.0 Å². The molecule has 2 rings (SSSR count). The van der Waals surface area contributed by atoms with E-state index in [0.717, 1.165) is 16.8 Å². The molecule has 1 N–H and O–H groups in total. The molecular weight excluding hydrogens is 359 g/mol. The van der Waals surface area contributed by atoms with Gasteiger partial charge >= 0.3 is 0 Å². The molecule has 0 heterocycles. The Labute approximate surface area is 157 Å². The van der Waals surface area contributed by atoms with Crippen molar-refractivity contribution in [3.63, 3.8) is 0 Å². The minimum Gasteiger partial charge on any atom is -0.326 e. The second-order valence-electron chi connectivity index (χ2n) is 5.91. The van der Waals surface area contributed by atoms with Gasteiger partial charge in [0.05, 0.1) is 0 Å². The number of carbonyl (C=O) groups excluding carboxylic acids is 2. The summed E-state index contributed by atoms with van der Waals surface area (Å²) >= 11 is 12.0. The first kappa shape index (κ1) is 19.3. The van der Waals surface area contributed by atoms with Crippen molar-refractivity contribution < 1.29 is 9.59 Å². The third-order valence-corrected chi connectivity index (χ3v) is 4.19. The van der Waals surface area contributed by atoms with Crippen LogP contribution >= 0.6 is 23.2 Å². The molecule has 0 aromatic heterocycles. The standard InChI is InChI=1S/C19H20Cl2N2O2/c1-12-4-5-18(13(2)8-12)22-19(25)6-7-23(14(3)24)17-10-15(20)9-16(21)11-17/h4-5,8-11H,6-7H2,1-3H3,(H,22,25). The van der Waals surface area contributed by atoms with Crippen molar-refractivity contribution in [2.45, 2.75) is 27.2 Å². The molecule has 132 valence electrons. The quantitative estimate of drug-likeness (QED) is 0.796. The molecule has 0 atom stereocenters. The smallest absolute Gasteiger partial charge is 0.226 e. The summed E-state index contributed by atoms with van der Waals surface area (Å²) < 4.78 is 0. The number of hydrogen-bond donors (Lipinski definition) is 1. The van der Waals surface area contributed by atoms with Crippen LogP contribution in [0, 0.1) is 13.8 Å². The Bertz CT molecular complexity index is 786. The SMILES string of the molecule is CC(=O)N(CCC(=O)Nc1ccc(C)cc1C)c1cc(Cl)cc(Cl)c1. The maximum atomic E-state index is 12.2. The normalized spacial score (nSPS) is 10.4. The van der Waals surface area contributed by atoms with Crippen molar-refractivity contribution in [2.75, 3.05) is 16.8 Å². The van der Waals surface area contributed by atoms with E-state index in [1.165, 1.54) is 11.8 Å². The number of halogens is 2. The van der Waals surface area contributed by atoms with E-state index in [-0.39, 0.29) is 24.8 Å². The van der Waals surface area contributed by atoms with Crippen LogP contribution in [0.2, 0.25) is 10.0 Å². The molecule has 0 fully saturated rings.